The van der Waals surface area contributed by atoms with Gasteiger partial charge in [-0.1, -0.05) is 13.8 Å². The first-order valence-corrected chi connectivity index (χ1v) is 6.35. The molecule has 1 fully saturated rings. The fourth-order valence-corrected chi connectivity index (χ4v) is 2.54. The molecule has 0 aromatic rings. The molecule has 0 saturated heterocycles. The zero-order chi connectivity index (χ0) is 12.3. The summed E-state index contributed by atoms with van der Waals surface area (Å²) in [7, 11) is 1.83. The topological polar surface area (TPSA) is 41.1 Å². The Kier molecular flexibility index (Phi) is 4.36. The predicted octanol–water partition coefficient (Wildman–Crippen LogP) is 1.93. The minimum atomic E-state index is -0.468. The molecule has 0 radical (unpaired) electrons. The van der Waals surface area contributed by atoms with Crippen molar-refractivity contribution >= 4 is 5.91 Å². The van der Waals surface area contributed by atoms with Crippen LogP contribution in [0.5, 0.6) is 0 Å². The number of hydrogen-bond donors (Lipinski definition) is 2. The number of rotatable bonds is 3. The van der Waals surface area contributed by atoms with Crippen molar-refractivity contribution in [3.8, 4) is 0 Å². The van der Waals surface area contributed by atoms with E-state index in [1.807, 2.05) is 20.9 Å². The first-order chi connectivity index (χ1) is 7.35. The third kappa shape index (κ3) is 3.48. The van der Waals surface area contributed by atoms with Crippen LogP contribution in [0.3, 0.4) is 0 Å². The molecule has 0 aliphatic heterocycles. The van der Waals surface area contributed by atoms with Gasteiger partial charge in [0, 0.05) is 6.04 Å². The Bertz CT molecular complexity index is 240. The largest absolute Gasteiger partial charge is 0.352 e. The van der Waals surface area contributed by atoms with E-state index in [0.717, 1.165) is 24.7 Å². The second-order valence-electron chi connectivity index (χ2n) is 5.96. The molecule has 0 spiro atoms. The van der Waals surface area contributed by atoms with Gasteiger partial charge >= 0.3 is 0 Å². The standard InChI is InChI=1S/C13H26N2O/c1-9-6-10(2)8-11(7-9)15-12(16)13(3,4)14-5/h9-11,14H,6-8H2,1-5H3,(H,15,16). The van der Waals surface area contributed by atoms with Crippen LogP contribution in [0.15, 0.2) is 0 Å². The number of likely N-dealkylation sites (N-methyl/N-ethyl adjacent to an activating group) is 1. The van der Waals surface area contributed by atoms with Crippen molar-refractivity contribution in [2.75, 3.05) is 7.05 Å². The fraction of sp³-hybridized carbons (Fsp3) is 0.923. The molecule has 3 nitrogen and oxygen atoms in total. The lowest BCUT2D eigenvalue weighted by molar-refractivity contribution is -0.127. The Morgan fingerprint density at radius 3 is 2.06 bits per heavy atom. The predicted molar refractivity (Wildman–Crippen MR) is 67.2 cm³/mol. The van der Waals surface area contributed by atoms with Crippen LogP contribution in [0.25, 0.3) is 0 Å². The molecular weight excluding hydrogens is 200 g/mol. The molecule has 3 heteroatoms. The maximum atomic E-state index is 12.0. The molecule has 16 heavy (non-hydrogen) atoms. The molecule has 0 bridgehead atoms. The molecule has 0 aromatic carbocycles. The Morgan fingerprint density at radius 2 is 1.62 bits per heavy atom. The molecule has 1 saturated carbocycles. The van der Waals surface area contributed by atoms with Crippen LogP contribution in [0.4, 0.5) is 0 Å². The highest BCUT2D eigenvalue weighted by Crippen LogP contribution is 2.28. The summed E-state index contributed by atoms with van der Waals surface area (Å²) in [6.45, 7) is 8.38. The van der Waals surface area contributed by atoms with Crippen molar-refractivity contribution in [3.63, 3.8) is 0 Å². The summed E-state index contributed by atoms with van der Waals surface area (Å²) in [6, 6.07) is 0.360. The summed E-state index contributed by atoms with van der Waals surface area (Å²) in [5, 5.41) is 6.21. The van der Waals surface area contributed by atoms with E-state index in [-0.39, 0.29) is 5.91 Å². The minimum Gasteiger partial charge on any atom is -0.352 e. The molecule has 2 unspecified atom stereocenters. The van der Waals surface area contributed by atoms with E-state index >= 15 is 0 Å². The first-order valence-electron chi connectivity index (χ1n) is 6.35. The lowest BCUT2D eigenvalue weighted by atomic mass is 9.80. The van der Waals surface area contributed by atoms with Gasteiger partial charge in [0.15, 0.2) is 0 Å². The lowest BCUT2D eigenvalue weighted by Gasteiger charge is -2.34. The molecule has 1 aliphatic rings. The van der Waals surface area contributed by atoms with E-state index in [9.17, 15) is 4.79 Å². The Balaban J connectivity index is 2.51. The molecule has 1 aliphatic carbocycles. The lowest BCUT2D eigenvalue weighted by Crippen LogP contribution is -2.54. The van der Waals surface area contributed by atoms with Crippen LogP contribution >= 0.6 is 0 Å². The third-order valence-corrected chi connectivity index (χ3v) is 3.71. The van der Waals surface area contributed by atoms with E-state index in [2.05, 4.69) is 24.5 Å². The maximum absolute atomic E-state index is 12.0. The van der Waals surface area contributed by atoms with Gasteiger partial charge in [0.05, 0.1) is 5.54 Å². The fourth-order valence-electron chi connectivity index (χ4n) is 2.54. The van der Waals surface area contributed by atoms with Crippen LogP contribution in [-0.4, -0.2) is 24.5 Å². The van der Waals surface area contributed by atoms with Gasteiger partial charge in [-0.3, -0.25) is 4.79 Å². The molecule has 94 valence electrons. The molecule has 0 heterocycles. The van der Waals surface area contributed by atoms with E-state index in [1.165, 1.54) is 6.42 Å². The highest BCUT2D eigenvalue weighted by Gasteiger charge is 2.30. The highest BCUT2D eigenvalue weighted by molar-refractivity contribution is 5.85. The summed E-state index contributed by atoms with van der Waals surface area (Å²) >= 11 is 0. The van der Waals surface area contributed by atoms with Crippen LogP contribution in [0.1, 0.15) is 47.0 Å². The summed E-state index contributed by atoms with van der Waals surface area (Å²) in [5.74, 6) is 1.57. The van der Waals surface area contributed by atoms with Gasteiger partial charge in [-0.25, -0.2) is 0 Å². The highest BCUT2D eigenvalue weighted by atomic mass is 16.2. The zero-order valence-electron chi connectivity index (χ0n) is 11.3. The molecule has 1 rings (SSSR count). The van der Waals surface area contributed by atoms with Gasteiger partial charge in [0.1, 0.15) is 0 Å². The second-order valence-corrected chi connectivity index (χ2v) is 5.96. The van der Waals surface area contributed by atoms with Gasteiger partial charge in [0.25, 0.3) is 0 Å². The first kappa shape index (κ1) is 13.5. The molecular formula is C13H26N2O. The Hall–Kier alpha value is -0.570. The van der Waals surface area contributed by atoms with Crippen LogP contribution in [0.2, 0.25) is 0 Å². The molecule has 2 atom stereocenters. The maximum Gasteiger partial charge on any atom is 0.239 e. The average molecular weight is 226 g/mol. The van der Waals surface area contributed by atoms with Crippen molar-refractivity contribution in [1.82, 2.24) is 10.6 Å². The summed E-state index contributed by atoms with van der Waals surface area (Å²) in [4.78, 5) is 12.0. The van der Waals surface area contributed by atoms with Gasteiger partial charge in [0.2, 0.25) is 5.91 Å². The number of carbonyl (C=O) groups excluding carboxylic acids is 1. The summed E-state index contributed by atoms with van der Waals surface area (Å²) in [6.07, 6.45) is 3.54. The molecule has 2 N–H and O–H groups in total. The van der Waals surface area contributed by atoms with Crippen molar-refractivity contribution < 1.29 is 4.79 Å². The smallest absolute Gasteiger partial charge is 0.239 e. The van der Waals surface area contributed by atoms with Crippen molar-refractivity contribution in [2.45, 2.75) is 58.5 Å². The quantitative estimate of drug-likeness (QED) is 0.772. The summed E-state index contributed by atoms with van der Waals surface area (Å²) < 4.78 is 0. The van der Waals surface area contributed by atoms with Gasteiger partial charge < -0.3 is 10.6 Å². The number of hydrogen-bond acceptors (Lipinski definition) is 2. The van der Waals surface area contributed by atoms with E-state index in [4.69, 9.17) is 0 Å². The minimum absolute atomic E-state index is 0.112. The Morgan fingerprint density at radius 1 is 1.12 bits per heavy atom. The van der Waals surface area contributed by atoms with Crippen molar-refractivity contribution in [2.24, 2.45) is 11.8 Å². The third-order valence-electron chi connectivity index (χ3n) is 3.71. The van der Waals surface area contributed by atoms with Crippen LogP contribution in [-0.2, 0) is 4.79 Å². The van der Waals surface area contributed by atoms with E-state index in [0.29, 0.717) is 6.04 Å². The van der Waals surface area contributed by atoms with Crippen LogP contribution < -0.4 is 10.6 Å². The SMILES string of the molecule is CNC(C)(C)C(=O)NC1CC(C)CC(C)C1. The summed E-state index contributed by atoms with van der Waals surface area (Å²) in [5.41, 5.74) is -0.468. The van der Waals surface area contributed by atoms with Gasteiger partial charge in [-0.15, -0.1) is 0 Å². The molecule has 0 aromatic heterocycles. The second kappa shape index (κ2) is 5.17. The number of nitrogens with one attached hydrogen (secondary N) is 2. The molecule has 1 amide bonds. The average Bonchev–Trinajstić information content (AvgIpc) is 2.15. The van der Waals surface area contributed by atoms with E-state index < -0.39 is 5.54 Å². The van der Waals surface area contributed by atoms with Gasteiger partial charge in [-0.2, -0.15) is 0 Å². The normalized spacial score (nSPS) is 31.2. The van der Waals surface area contributed by atoms with Crippen molar-refractivity contribution in [1.29, 1.82) is 0 Å². The van der Waals surface area contributed by atoms with Gasteiger partial charge in [-0.05, 0) is 52.0 Å². The zero-order valence-corrected chi connectivity index (χ0v) is 11.3. The monoisotopic (exact) mass is 226 g/mol. The van der Waals surface area contributed by atoms with E-state index in [1.54, 1.807) is 0 Å². The van der Waals surface area contributed by atoms with Crippen molar-refractivity contribution in [3.05, 3.63) is 0 Å². The Labute approximate surface area is 99.4 Å². The van der Waals surface area contributed by atoms with Crippen LogP contribution in [0, 0.1) is 11.8 Å². The number of amides is 1. The number of carbonyl (C=O) groups is 1.